The first-order chi connectivity index (χ1) is 5.70. The largest absolute Gasteiger partial charge is 0.462 e. The van der Waals surface area contributed by atoms with Crippen molar-refractivity contribution in [2.24, 2.45) is 0 Å². The number of esters is 2. The average molecular weight is 172 g/mol. The van der Waals surface area contributed by atoms with E-state index in [-0.39, 0.29) is 26.1 Å². The van der Waals surface area contributed by atoms with Gasteiger partial charge in [0.25, 0.3) is 0 Å². The highest BCUT2D eigenvalue weighted by molar-refractivity contribution is 5.70. The van der Waals surface area contributed by atoms with E-state index in [1.807, 2.05) is 0 Å². The number of carbonyl (C=O) groups is 2. The van der Waals surface area contributed by atoms with Crippen molar-refractivity contribution in [3.8, 4) is 0 Å². The van der Waals surface area contributed by atoms with Gasteiger partial charge in [-0.2, -0.15) is 0 Å². The van der Waals surface area contributed by atoms with Gasteiger partial charge in [-0.3, -0.25) is 9.59 Å². The minimum absolute atomic E-state index is 0.0834. The SMILES string of the molecule is [CH2]CC(=O)OCCOC(=O)C[CH2]. The van der Waals surface area contributed by atoms with Gasteiger partial charge in [0, 0.05) is 12.8 Å². The molecular formula is C8H12O4. The van der Waals surface area contributed by atoms with Crippen molar-refractivity contribution in [2.75, 3.05) is 13.2 Å². The summed E-state index contributed by atoms with van der Waals surface area (Å²) in [4.78, 5) is 21.0. The highest BCUT2D eigenvalue weighted by Crippen LogP contribution is 1.87. The standard InChI is InChI=1S/C8H12O4/c1-3-7(9)11-5-6-12-8(10)4-2/h1-6H2. The summed E-state index contributed by atoms with van der Waals surface area (Å²) in [6, 6.07) is 0. The summed E-state index contributed by atoms with van der Waals surface area (Å²) in [5, 5.41) is 0. The van der Waals surface area contributed by atoms with Crippen LogP contribution >= 0.6 is 0 Å². The summed E-state index contributed by atoms with van der Waals surface area (Å²) in [6.07, 6.45) is 0.173. The Bertz CT molecular complexity index is 135. The molecule has 0 aliphatic carbocycles. The maximum absolute atomic E-state index is 10.5. The van der Waals surface area contributed by atoms with Crippen LogP contribution in [0.5, 0.6) is 0 Å². The monoisotopic (exact) mass is 172 g/mol. The second-order valence-corrected chi connectivity index (χ2v) is 1.94. The fourth-order valence-corrected chi connectivity index (χ4v) is 0.455. The molecular weight excluding hydrogens is 160 g/mol. The third-order valence-corrected chi connectivity index (χ3v) is 1.02. The summed E-state index contributed by atoms with van der Waals surface area (Å²) in [6.45, 7) is 6.81. The molecule has 0 unspecified atom stereocenters. The molecule has 0 heterocycles. The number of rotatable bonds is 5. The maximum Gasteiger partial charge on any atom is 0.305 e. The van der Waals surface area contributed by atoms with Gasteiger partial charge in [0.2, 0.25) is 0 Å². The van der Waals surface area contributed by atoms with Gasteiger partial charge in [0.05, 0.1) is 0 Å². The fraction of sp³-hybridized carbons (Fsp3) is 0.500. The molecule has 0 saturated carbocycles. The van der Waals surface area contributed by atoms with Crippen LogP contribution in [0.4, 0.5) is 0 Å². The van der Waals surface area contributed by atoms with Gasteiger partial charge in [0.15, 0.2) is 0 Å². The Morgan fingerprint density at radius 2 is 1.25 bits per heavy atom. The third-order valence-electron chi connectivity index (χ3n) is 1.02. The number of carbonyl (C=O) groups excluding carboxylic acids is 2. The molecule has 4 nitrogen and oxygen atoms in total. The van der Waals surface area contributed by atoms with Crippen LogP contribution in [0.1, 0.15) is 12.8 Å². The molecule has 0 aromatic carbocycles. The first kappa shape index (κ1) is 10.9. The first-order valence-corrected chi connectivity index (χ1v) is 3.60. The van der Waals surface area contributed by atoms with E-state index < -0.39 is 11.9 Å². The van der Waals surface area contributed by atoms with E-state index in [0.717, 1.165) is 0 Å². The minimum atomic E-state index is -0.402. The summed E-state index contributed by atoms with van der Waals surface area (Å²) < 4.78 is 9.17. The number of hydrogen-bond acceptors (Lipinski definition) is 4. The van der Waals surface area contributed by atoms with Gasteiger partial charge in [-0.05, 0) is 13.8 Å². The molecule has 0 aliphatic rings. The summed E-state index contributed by atoms with van der Waals surface area (Å²) in [5.41, 5.74) is 0. The number of hydrogen-bond donors (Lipinski definition) is 0. The quantitative estimate of drug-likeness (QED) is 0.448. The van der Waals surface area contributed by atoms with Crippen LogP contribution in [0.2, 0.25) is 0 Å². The predicted molar refractivity (Wildman–Crippen MR) is 41.9 cm³/mol. The molecule has 0 saturated heterocycles. The first-order valence-electron chi connectivity index (χ1n) is 3.60. The topological polar surface area (TPSA) is 52.6 Å². The van der Waals surface area contributed by atoms with Crippen LogP contribution < -0.4 is 0 Å². The maximum atomic E-state index is 10.5. The lowest BCUT2D eigenvalue weighted by Crippen LogP contribution is -2.12. The van der Waals surface area contributed by atoms with E-state index in [9.17, 15) is 9.59 Å². The molecule has 4 heteroatoms. The molecule has 0 rings (SSSR count). The Balaban J connectivity index is 3.21. The van der Waals surface area contributed by atoms with Crippen molar-refractivity contribution in [1.29, 1.82) is 0 Å². The molecule has 0 spiro atoms. The van der Waals surface area contributed by atoms with Gasteiger partial charge in [0.1, 0.15) is 13.2 Å². The molecule has 68 valence electrons. The molecule has 0 N–H and O–H groups in total. The van der Waals surface area contributed by atoms with Gasteiger partial charge >= 0.3 is 11.9 Å². The van der Waals surface area contributed by atoms with Crippen molar-refractivity contribution in [3.63, 3.8) is 0 Å². The second-order valence-electron chi connectivity index (χ2n) is 1.94. The second kappa shape index (κ2) is 6.64. The van der Waals surface area contributed by atoms with Crippen molar-refractivity contribution < 1.29 is 19.1 Å². The molecule has 0 aromatic rings. The van der Waals surface area contributed by atoms with Crippen LogP contribution in [0.25, 0.3) is 0 Å². The molecule has 0 aliphatic heterocycles. The normalized spacial score (nSPS) is 9.17. The molecule has 0 fully saturated rings. The molecule has 0 aromatic heterocycles. The lowest BCUT2D eigenvalue weighted by molar-refractivity contribution is -0.151. The Morgan fingerprint density at radius 3 is 1.50 bits per heavy atom. The Labute approximate surface area is 71.8 Å². The van der Waals surface area contributed by atoms with Gasteiger partial charge < -0.3 is 9.47 Å². The average Bonchev–Trinajstić information content (AvgIpc) is 2.11. The van der Waals surface area contributed by atoms with Crippen molar-refractivity contribution in [1.82, 2.24) is 0 Å². The van der Waals surface area contributed by atoms with E-state index in [0.29, 0.717) is 0 Å². The third kappa shape index (κ3) is 5.70. The lowest BCUT2D eigenvalue weighted by Gasteiger charge is -2.03. The number of ether oxygens (including phenoxy) is 2. The van der Waals surface area contributed by atoms with Crippen LogP contribution in [-0.2, 0) is 19.1 Å². The van der Waals surface area contributed by atoms with Crippen molar-refractivity contribution in [2.45, 2.75) is 12.8 Å². The Hall–Kier alpha value is -1.06. The van der Waals surface area contributed by atoms with E-state index in [1.165, 1.54) is 0 Å². The van der Waals surface area contributed by atoms with E-state index in [4.69, 9.17) is 0 Å². The van der Waals surface area contributed by atoms with E-state index in [2.05, 4.69) is 23.3 Å². The zero-order valence-corrected chi connectivity index (χ0v) is 6.88. The molecule has 12 heavy (non-hydrogen) atoms. The molecule has 0 bridgehead atoms. The fourth-order valence-electron chi connectivity index (χ4n) is 0.455. The van der Waals surface area contributed by atoms with Crippen LogP contribution in [0.15, 0.2) is 0 Å². The highest BCUT2D eigenvalue weighted by atomic mass is 16.6. The smallest absolute Gasteiger partial charge is 0.305 e. The molecule has 0 atom stereocenters. The van der Waals surface area contributed by atoms with Crippen molar-refractivity contribution in [3.05, 3.63) is 13.8 Å². The molecule has 0 amide bonds. The van der Waals surface area contributed by atoms with Gasteiger partial charge in [-0.25, -0.2) is 0 Å². The Morgan fingerprint density at radius 1 is 0.917 bits per heavy atom. The molecule has 2 radical (unpaired) electrons. The minimum Gasteiger partial charge on any atom is -0.462 e. The summed E-state index contributed by atoms with van der Waals surface area (Å²) in [5.74, 6) is -0.804. The highest BCUT2D eigenvalue weighted by Gasteiger charge is 2.00. The van der Waals surface area contributed by atoms with Crippen LogP contribution in [0.3, 0.4) is 0 Å². The van der Waals surface area contributed by atoms with E-state index >= 15 is 0 Å². The Kier molecular flexibility index (Phi) is 6.05. The van der Waals surface area contributed by atoms with Crippen molar-refractivity contribution >= 4 is 11.9 Å². The van der Waals surface area contributed by atoms with Gasteiger partial charge in [-0.1, -0.05) is 0 Å². The van der Waals surface area contributed by atoms with Crippen LogP contribution in [0, 0.1) is 13.8 Å². The zero-order valence-electron chi connectivity index (χ0n) is 6.88. The zero-order chi connectivity index (χ0) is 9.40. The predicted octanol–water partition coefficient (Wildman–Crippen LogP) is 0.521. The lowest BCUT2D eigenvalue weighted by atomic mass is 10.5. The van der Waals surface area contributed by atoms with Crippen LogP contribution in [-0.4, -0.2) is 25.2 Å². The summed E-state index contributed by atoms with van der Waals surface area (Å²) >= 11 is 0. The summed E-state index contributed by atoms with van der Waals surface area (Å²) in [7, 11) is 0. The van der Waals surface area contributed by atoms with E-state index in [1.54, 1.807) is 0 Å². The van der Waals surface area contributed by atoms with Gasteiger partial charge in [-0.15, -0.1) is 0 Å².